The molecule has 90 valence electrons. The Hall–Kier alpha value is -2.04. The summed E-state index contributed by atoms with van der Waals surface area (Å²) in [4.78, 5) is 15.1. The molecule has 0 bridgehead atoms. The maximum atomic E-state index is 11.6. The first-order valence-electron chi connectivity index (χ1n) is 5.39. The van der Waals surface area contributed by atoms with E-state index in [1.54, 1.807) is 7.11 Å². The van der Waals surface area contributed by atoms with Crippen LogP contribution in [0.3, 0.4) is 0 Å². The number of nitrogens with two attached hydrogens (primary N) is 2. The smallest absolute Gasteiger partial charge is 0.252 e. The average molecular weight is 233 g/mol. The fourth-order valence-electron chi connectivity index (χ4n) is 1.92. The van der Waals surface area contributed by atoms with E-state index in [4.69, 9.17) is 16.2 Å². The van der Waals surface area contributed by atoms with Gasteiger partial charge in [-0.05, 0) is 30.0 Å². The molecule has 1 saturated carbocycles. The van der Waals surface area contributed by atoms with Gasteiger partial charge in [-0.25, -0.2) is 0 Å². The second-order valence-corrected chi connectivity index (χ2v) is 4.10. The Bertz CT molecular complexity index is 467. The number of methoxy groups -OCH3 is 1. The molecule has 2 rings (SSSR count). The average Bonchev–Trinajstić information content (AvgIpc) is 3.08. The SMILES string of the molecule is COc1cccc([C@H]2C[C@@H]2C(=O)N=C(N)N)c1. The zero-order chi connectivity index (χ0) is 12.4. The molecule has 1 aromatic rings. The molecule has 1 aliphatic carbocycles. The van der Waals surface area contributed by atoms with Crippen molar-refractivity contribution >= 4 is 11.9 Å². The van der Waals surface area contributed by atoms with Gasteiger partial charge >= 0.3 is 0 Å². The predicted octanol–water partition coefficient (Wildman–Crippen LogP) is 0.599. The molecule has 0 saturated heterocycles. The number of hydrogen-bond donors (Lipinski definition) is 2. The molecule has 0 aliphatic heterocycles. The summed E-state index contributed by atoms with van der Waals surface area (Å²) in [6.07, 6.45) is 0.794. The van der Waals surface area contributed by atoms with Crippen LogP contribution in [0.15, 0.2) is 29.3 Å². The van der Waals surface area contributed by atoms with Crippen molar-refractivity contribution in [1.82, 2.24) is 0 Å². The summed E-state index contributed by atoms with van der Waals surface area (Å²) in [6, 6.07) is 7.71. The molecule has 1 aliphatic rings. The number of hydrogen-bond acceptors (Lipinski definition) is 2. The van der Waals surface area contributed by atoms with Gasteiger partial charge in [-0.2, -0.15) is 4.99 Å². The molecule has 5 nitrogen and oxygen atoms in total. The van der Waals surface area contributed by atoms with E-state index in [0.29, 0.717) is 0 Å². The molecule has 0 radical (unpaired) electrons. The Labute approximate surface area is 99.5 Å². The van der Waals surface area contributed by atoms with E-state index < -0.39 is 0 Å². The summed E-state index contributed by atoms with van der Waals surface area (Å²) < 4.78 is 5.14. The van der Waals surface area contributed by atoms with Crippen molar-refractivity contribution in [3.05, 3.63) is 29.8 Å². The highest BCUT2D eigenvalue weighted by Crippen LogP contribution is 2.48. The quantitative estimate of drug-likeness (QED) is 0.590. The molecule has 0 spiro atoms. The molecule has 2 atom stereocenters. The first-order chi connectivity index (χ1) is 8.11. The van der Waals surface area contributed by atoms with Gasteiger partial charge in [0.05, 0.1) is 7.11 Å². The van der Waals surface area contributed by atoms with Crippen LogP contribution in [-0.4, -0.2) is 19.0 Å². The van der Waals surface area contributed by atoms with E-state index in [-0.39, 0.29) is 23.7 Å². The molecular formula is C12H15N3O2. The van der Waals surface area contributed by atoms with Crippen LogP contribution in [-0.2, 0) is 4.79 Å². The van der Waals surface area contributed by atoms with Crippen molar-refractivity contribution in [2.24, 2.45) is 22.4 Å². The van der Waals surface area contributed by atoms with Crippen molar-refractivity contribution in [1.29, 1.82) is 0 Å². The summed E-state index contributed by atoms with van der Waals surface area (Å²) in [5, 5.41) is 0. The van der Waals surface area contributed by atoms with Crippen LogP contribution in [0, 0.1) is 5.92 Å². The molecule has 0 unspecified atom stereocenters. The Morgan fingerprint density at radius 3 is 2.88 bits per heavy atom. The van der Waals surface area contributed by atoms with Gasteiger partial charge in [-0.3, -0.25) is 4.79 Å². The summed E-state index contributed by atoms with van der Waals surface area (Å²) in [5.74, 6) is 0.497. The summed E-state index contributed by atoms with van der Waals surface area (Å²) >= 11 is 0. The first kappa shape index (κ1) is 11.4. The van der Waals surface area contributed by atoms with Crippen LogP contribution in [0.1, 0.15) is 17.9 Å². The van der Waals surface area contributed by atoms with E-state index in [1.165, 1.54) is 0 Å². The van der Waals surface area contributed by atoms with E-state index >= 15 is 0 Å². The van der Waals surface area contributed by atoms with E-state index in [0.717, 1.165) is 17.7 Å². The summed E-state index contributed by atoms with van der Waals surface area (Å²) in [6.45, 7) is 0. The molecule has 1 amide bonds. The molecule has 5 heteroatoms. The van der Waals surface area contributed by atoms with Gasteiger partial charge in [0.1, 0.15) is 5.75 Å². The maximum absolute atomic E-state index is 11.6. The minimum absolute atomic E-state index is 0.0933. The van der Waals surface area contributed by atoms with E-state index in [9.17, 15) is 4.79 Å². The van der Waals surface area contributed by atoms with Gasteiger partial charge in [0.25, 0.3) is 5.91 Å². The lowest BCUT2D eigenvalue weighted by Crippen LogP contribution is -2.24. The lowest BCUT2D eigenvalue weighted by atomic mass is 10.1. The molecule has 1 aromatic carbocycles. The van der Waals surface area contributed by atoms with Gasteiger partial charge in [-0.15, -0.1) is 0 Å². The third-order valence-electron chi connectivity index (χ3n) is 2.87. The van der Waals surface area contributed by atoms with E-state index in [1.807, 2.05) is 24.3 Å². The number of guanidine groups is 1. The van der Waals surface area contributed by atoms with Gasteiger partial charge < -0.3 is 16.2 Å². The third-order valence-corrected chi connectivity index (χ3v) is 2.87. The number of amides is 1. The van der Waals surface area contributed by atoms with Gasteiger partial charge in [0, 0.05) is 5.92 Å². The second kappa shape index (κ2) is 4.45. The molecule has 1 fully saturated rings. The molecule has 0 heterocycles. The van der Waals surface area contributed by atoms with Crippen molar-refractivity contribution < 1.29 is 9.53 Å². The number of rotatable bonds is 3. The number of aliphatic imine (C=N–C) groups is 1. The second-order valence-electron chi connectivity index (χ2n) is 4.10. The van der Waals surface area contributed by atoms with Crippen molar-refractivity contribution in [3.63, 3.8) is 0 Å². The molecular weight excluding hydrogens is 218 g/mol. The van der Waals surface area contributed by atoms with Crippen LogP contribution < -0.4 is 16.2 Å². The fraction of sp³-hybridized carbons (Fsp3) is 0.333. The summed E-state index contributed by atoms with van der Waals surface area (Å²) in [5.41, 5.74) is 11.4. The monoisotopic (exact) mass is 233 g/mol. The van der Waals surface area contributed by atoms with Gasteiger partial charge in [0.15, 0.2) is 5.96 Å². The Balaban J connectivity index is 2.07. The number of carbonyl (C=O) groups is 1. The Kier molecular flexibility index (Phi) is 2.99. The molecule has 4 N–H and O–H groups in total. The van der Waals surface area contributed by atoms with Gasteiger partial charge in [0.2, 0.25) is 0 Å². The molecule has 0 aromatic heterocycles. The van der Waals surface area contributed by atoms with Crippen LogP contribution in [0.25, 0.3) is 0 Å². The van der Waals surface area contributed by atoms with Crippen LogP contribution >= 0.6 is 0 Å². The lowest BCUT2D eigenvalue weighted by Gasteiger charge is -2.02. The van der Waals surface area contributed by atoms with Crippen molar-refractivity contribution in [3.8, 4) is 5.75 Å². The standard InChI is InChI=1S/C12H15N3O2/c1-17-8-4-2-3-7(5-8)9-6-10(9)11(16)15-12(13)14/h2-5,9-10H,6H2,1H3,(H4,13,14,15,16)/t9-,10+/m1/s1. The zero-order valence-corrected chi connectivity index (χ0v) is 9.59. The number of nitrogens with zero attached hydrogens (tertiary/aromatic N) is 1. The van der Waals surface area contributed by atoms with Crippen LogP contribution in [0.5, 0.6) is 5.75 Å². The predicted molar refractivity (Wildman–Crippen MR) is 64.7 cm³/mol. The first-order valence-corrected chi connectivity index (χ1v) is 5.39. The highest BCUT2D eigenvalue weighted by atomic mass is 16.5. The fourth-order valence-corrected chi connectivity index (χ4v) is 1.92. The number of carbonyl (C=O) groups excluding carboxylic acids is 1. The van der Waals surface area contributed by atoms with Gasteiger partial charge in [-0.1, -0.05) is 12.1 Å². The summed E-state index contributed by atoms with van der Waals surface area (Å²) in [7, 11) is 1.62. The minimum Gasteiger partial charge on any atom is -0.497 e. The minimum atomic E-state index is -0.238. The zero-order valence-electron chi connectivity index (χ0n) is 9.59. The lowest BCUT2D eigenvalue weighted by molar-refractivity contribution is -0.119. The third kappa shape index (κ3) is 2.55. The molecule has 17 heavy (non-hydrogen) atoms. The Morgan fingerprint density at radius 2 is 2.24 bits per heavy atom. The normalized spacial score (nSPS) is 21.7. The van der Waals surface area contributed by atoms with Crippen molar-refractivity contribution in [2.45, 2.75) is 12.3 Å². The van der Waals surface area contributed by atoms with E-state index in [2.05, 4.69) is 4.99 Å². The number of ether oxygens (including phenoxy) is 1. The maximum Gasteiger partial charge on any atom is 0.252 e. The van der Waals surface area contributed by atoms with Crippen molar-refractivity contribution in [2.75, 3.05) is 7.11 Å². The van der Waals surface area contributed by atoms with Crippen LogP contribution in [0.4, 0.5) is 0 Å². The Morgan fingerprint density at radius 1 is 1.47 bits per heavy atom. The number of benzene rings is 1. The highest BCUT2D eigenvalue weighted by Gasteiger charge is 2.44. The highest BCUT2D eigenvalue weighted by molar-refractivity contribution is 5.94. The topological polar surface area (TPSA) is 90.7 Å². The largest absolute Gasteiger partial charge is 0.497 e. The van der Waals surface area contributed by atoms with Crippen LogP contribution in [0.2, 0.25) is 0 Å².